The number of benzene rings is 1. The summed E-state index contributed by atoms with van der Waals surface area (Å²) >= 11 is 0. The Bertz CT molecular complexity index is 615. The molecule has 1 amide bonds. The van der Waals surface area contributed by atoms with Crippen molar-refractivity contribution in [3.8, 4) is 0 Å². The van der Waals surface area contributed by atoms with Crippen LogP contribution in [0, 0.1) is 0 Å². The largest absolute Gasteiger partial charge is 0.351 e. The standard InChI is InChI=1S/C15H21N5O/c1-19-6-8-20(9-7-19)5-4-16-15(21)12-2-3-13-11-17-18-14(13)10-12/h2-3,10-11H,4-9H2,1H3,(H,16,21)(H,17,18). The van der Waals surface area contributed by atoms with Crippen molar-refractivity contribution in [2.75, 3.05) is 46.3 Å². The van der Waals surface area contributed by atoms with Gasteiger partial charge in [-0.05, 0) is 19.2 Å². The number of aromatic nitrogens is 2. The second kappa shape index (κ2) is 6.24. The molecule has 1 aromatic carbocycles. The molecule has 21 heavy (non-hydrogen) atoms. The number of rotatable bonds is 4. The van der Waals surface area contributed by atoms with Crippen LogP contribution in [0.15, 0.2) is 24.4 Å². The summed E-state index contributed by atoms with van der Waals surface area (Å²) in [4.78, 5) is 16.8. The SMILES string of the molecule is CN1CCN(CCNC(=O)c2ccc3cn[nH]c3c2)CC1. The molecule has 1 aliphatic heterocycles. The van der Waals surface area contributed by atoms with Crippen LogP contribution in [0.25, 0.3) is 10.9 Å². The third-order valence-corrected chi connectivity index (χ3v) is 4.01. The van der Waals surface area contributed by atoms with E-state index in [9.17, 15) is 4.79 Å². The third kappa shape index (κ3) is 3.40. The van der Waals surface area contributed by atoms with Crippen molar-refractivity contribution < 1.29 is 4.79 Å². The lowest BCUT2D eigenvalue weighted by Crippen LogP contribution is -2.46. The van der Waals surface area contributed by atoms with Crippen molar-refractivity contribution in [3.05, 3.63) is 30.0 Å². The number of piperazine rings is 1. The third-order valence-electron chi connectivity index (χ3n) is 4.01. The van der Waals surface area contributed by atoms with Gasteiger partial charge in [-0.1, -0.05) is 6.07 Å². The van der Waals surface area contributed by atoms with E-state index in [0.717, 1.165) is 43.6 Å². The molecule has 0 unspecified atom stereocenters. The molecule has 0 bridgehead atoms. The van der Waals surface area contributed by atoms with Gasteiger partial charge in [-0.15, -0.1) is 0 Å². The normalized spacial score (nSPS) is 17.2. The van der Waals surface area contributed by atoms with Crippen molar-refractivity contribution in [1.29, 1.82) is 0 Å². The van der Waals surface area contributed by atoms with Gasteiger partial charge in [0.05, 0.1) is 11.7 Å². The summed E-state index contributed by atoms with van der Waals surface area (Å²) in [5.74, 6) is -0.0272. The number of amides is 1. The molecule has 3 rings (SSSR count). The van der Waals surface area contributed by atoms with Gasteiger partial charge in [-0.2, -0.15) is 5.10 Å². The van der Waals surface area contributed by atoms with Crippen molar-refractivity contribution in [2.45, 2.75) is 0 Å². The van der Waals surface area contributed by atoms with E-state index in [2.05, 4.69) is 32.4 Å². The van der Waals surface area contributed by atoms with Crippen LogP contribution in [0.5, 0.6) is 0 Å². The molecule has 0 saturated carbocycles. The first kappa shape index (κ1) is 14.0. The lowest BCUT2D eigenvalue weighted by Gasteiger charge is -2.32. The fraction of sp³-hybridized carbons (Fsp3) is 0.467. The fourth-order valence-corrected chi connectivity index (χ4v) is 2.58. The molecule has 1 fully saturated rings. The minimum absolute atomic E-state index is 0.0272. The Morgan fingerprint density at radius 1 is 1.33 bits per heavy atom. The predicted octanol–water partition coefficient (Wildman–Crippen LogP) is 0.540. The minimum atomic E-state index is -0.0272. The highest BCUT2D eigenvalue weighted by Crippen LogP contribution is 2.12. The highest BCUT2D eigenvalue weighted by Gasteiger charge is 2.13. The van der Waals surface area contributed by atoms with Gasteiger partial charge in [0, 0.05) is 50.2 Å². The monoisotopic (exact) mass is 287 g/mol. The Hall–Kier alpha value is -1.92. The zero-order chi connectivity index (χ0) is 14.7. The van der Waals surface area contributed by atoms with Gasteiger partial charge in [0.25, 0.3) is 5.91 Å². The maximum atomic E-state index is 12.1. The van der Waals surface area contributed by atoms with Crippen molar-refractivity contribution in [1.82, 2.24) is 25.3 Å². The van der Waals surface area contributed by atoms with E-state index >= 15 is 0 Å². The first-order valence-corrected chi connectivity index (χ1v) is 7.34. The summed E-state index contributed by atoms with van der Waals surface area (Å²) in [6.45, 7) is 5.95. The first-order chi connectivity index (χ1) is 10.2. The van der Waals surface area contributed by atoms with Crippen LogP contribution in [0.4, 0.5) is 0 Å². The predicted molar refractivity (Wildman–Crippen MR) is 82.4 cm³/mol. The number of H-pyrrole nitrogens is 1. The topological polar surface area (TPSA) is 64.3 Å². The zero-order valence-electron chi connectivity index (χ0n) is 12.3. The number of nitrogens with one attached hydrogen (secondary N) is 2. The van der Waals surface area contributed by atoms with E-state index < -0.39 is 0 Å². The second-order valence-corrected chi connectivity index (χ2v) is 5.57. The molecule has 0 spiro atoms. The number of hydrogen-bond acceptors (Lipinski definition) is 4. The average molecular weight is 287 g/mol. The Kier molecular flexibility index (Phi) is 4.17. The minimum Gasteiger partial charge on any atom is -0.351 e. The number of nitrogens with zero attached hydrogens (tertiary/aromatic N) is 3. The molecule has 0 radical (unpaired) electrons. The molecule has 6 heteroatoms. The Balaban J connectivity index is 1.49. The van der Waals surface area contributed by atoms with Crippen molar-refractivity contribution in [3.63, 3.8) is 0 Å². The number of aromatic amines is 1. The molecule has 1 aliphatic rings. The van der Waals surface area contributed by atoms with Crippen LogP contribution >= 0.6 is 0 Å². The highest BCUT2D eigenvalue weighted by molar-refractivity contribution is 5.97. The number of carbonyl (C=O) groups excluding carboxylic acids is 1. The fourth-order valence-electron chi connectivity index (χ4n) is 2.58. The maximum absolute atomic E-state index is 12.1. The van der Waals surface area contributed by atoms with Gasteiger partial charge in [0.1, 0.15) is 0 Å². The zero-order valence-corrected chi connectivity index (χ0v) is 12.3. The molecule has 1 saturated heterocycles. The lowest BCUT2D eigenvalue weighted by atomic mass is 10.1. The molecule has 0 atom stereocenters. The Labute approximate surface area is 124 Å². The van der Waals surface area contributed by atoms with E-state index in [4.69, 9.17) is 0 Å². The Morgan fingerprint density at radius 3 is 2.95 bits per heavy atom. The number of hydrogen-bond donors (Lipinski definition) is 2. The number of carbonyl (C=O) groups is 1. The van der Waals surface area contributed by atoms with Gasteiger partial charge in [-0.3, -0.25) is 14.8 Å². The molecule has 2 aromatic rings. The summed E-state index contributed by atoms with van der Waals surface area (Å²) in [6.07, 6.45) is 1.75. The highest BCUT2D eigenvalue weighted by atomic mass is 16.1. The Morgan fingerprint density at radius 2 is 2.14 bits per heavy atom. The quantitative estimate of drug-likeness (QED) is 0.861. The van der Waals surface area contributed by atoms with Gasteiger partial charge in [-0.25, -0.2) is 0 Å². The molecule has 6 nitrogen and oxygen atoms in total. The van der Waals surface area contributed by atoms with E-state index in [-0.39, 0.29) is 5.91 Å². The van der Waals surface area contributed by atoms with Gasteiger partial charge in [0.15, 0.2) is 0 Å². The number of fused-ring (bicyclic) bond motifs is 1. The molecule has 2 heterocycles. The van der Waals surface area contributed by atoms with Crippen LogP contribution in [0.1, 0.15) is 10.4 Å². The second-order valence-electron chi connectivity index (χ2n) is 5.57. The summed E-state index contributed by atoms with van der Waals surface area (Å²) in [5.41, 5.74) is 1.56. The number of likely N-dealkylation sites (N-methyl/N-ethyl adjacent to an activating group) is 1. The smallest absolute Gasteiger partial charge is 0.251 e. The van der Waals surface area contributed by atoms with Crippen molar-refractivity contribution >= 4 is 16.8 Å². The van der Waals surface area contributed by atoms with Crippen LogP contribution in [0.3, 0.4) is 0 Å². The average Bonchev–Trinajstić information content (AvgIpc) is 2.96. The van der Waals surface area contributed by atoms with E-state index in [1.165, 1.54) is 0 Å². The molecular formula is C15H21N5O. The summed E-state index contributed by atoms with van der Waals surface area (Å²) in [6, 6.07) is 5.59. The van der Waals surface area contributed by atoms with Gasteiger partial charge >= 0.3 is 0 Å². The van der Waals surface area contributed by atoms with Crippen LogP contribution in [-0.2, 0) is 0 Å². The van der Waals surface area contributed by atoms with Gasteiger partial charge < -0.3 is 10.2 Å². The molecule has 112 valence electrons. The van der Waals surface area contributed by atoms with E-state index in [1.807, 2.05) is 18.2 Å². The van der Waals surface area contributed by atoms with Crippen LogP contribution < -0.4 is 5.32 Å². The van der Waals surface area contributed by atoms with Crippen molar-refractivity contribution in [2.24, 2.45) is 0 Å². The molecule has 0 aliphatic carbocycles. The summed E-state index contributed by atoms with van der Waals surface area (Å²) in [5, 5.41) is 10.9. The molecular weight excluding hydrogens is 266 g/mol. The van der Waals surface area contributed by atoms with Crippen LogP contribution in [-0.4, -0.2) is 72.2 Å². The van der Waals surface area contributed by atoms with Gasteiger partial charge in [0.2, 0.25) is 0 Å². The van der Waals surface area contributed by atoms with E-state index in [1.54, 1.807) is 6.20 Å². The molecule has 1 aromatic heterocycles. The molecule has 2 N–H and O–H groups in total. The maximum Gasteiger partial charge on any atom is 0.251 e. The first-order valence-electron chi connectivity index (χ1n) is 7.34. The van der Waals surface area contributed by atoms with E-state index in [0.29, 0.717) is 12.1 Å². The van der Waals surface area contributed by atoms with Crippen LogP contribution in [0.2, 0.25) is 0 Å². The summed E-state index contributed by atoms with van der Waals surface area (Å²) < 4.78 is 0. The lowest BCUT2D eigenvalue weighted by molar-refractivity contribution is 0.0941. The summed E-state index contributed by atoms with van der Waals surface area (Å²) in [7, 11) is 2.14.